The normalized spacial score (nSPS) is 9.83. The molecule has 0 atom stereocenters. The minimum absolute atomic E-state index is 0.151. The van der Waals surface area contributed by atoms with Crippen LogP contribution in [-0.2, 0) is 0 Å². The second-order valence-electron chi connectivity index (χ2n) is 3.54. The van der Waals surface area contributed by atoms with Crippen molar-refractivity contribution in [2.24, 2.45) is 0 Å². The van der Waals surface area contributed by atoms with Crippen molar-refractivity contribution in [2.45, 2.75) is 0 Å². The third-order valence-electron chi connectivity index (χ3n) is 2.44. The zero-order valence-electron chi connectivity index (χ0n) is 9.51. The van der Waals surface area contributed by atoms with Gasteiger partial charge in [-0.25, -0.2) is 0 Å². The van der Waals surface area contributed by atoms with Crippen molar-refractivity contribution in [3.05, 3.63) is 41.0 Å². The summed E-state index contributed by atoms with van der Waals surface area (Å²) in [5, 5.41) is 18.8. The molecule has 2 aromatic rings. The molecule has 0 spiro atoms. The van der Waals surface area contributed by atoms with Crippen LogP contribution in [0.4, 0.5) is 0 Å². The van der Waals surface area contributed by atoms with E-state index >= 15 is 0 Å². The fraction of sp³-hybridized carbons (Fsp3) is 0.0769. The topological polar surface area (TPSA) is 66.1 Å². The monoisotopic (exact) mass is 260 g/mol. The highest BCUT2D eigenvalue weighted by atomic mass is 35.5. The van der Waals surface area contributed by atoms with Gasteiger partial charge in [0.2, 0.25) is 0 Å². The molecular formula is C13H9ClN2O2. The van der Waals surface area contributed by atoms with Crippen molar-refractivity contribution in [1.82, 2.24) is 4.98 Å². The second-order valence-corrected chi connectivity index (χ2v) is 3.98. The van der Waals surface area contributed by atoms with Crippen LogP contribution in [0.2, 0.25) is 5.02 Å². The highest BCUT2D eigenvalue weighted by molar-refractivity contribution is 6.30. The number of rotatable bonds is 2. The summed E-state index contributed by atoms with van der Waals surface area (Å²) in [6, 6.07) is 8.50. The van der Waals surface area contributed by atoms with E-state index in [1.54, 1.807) is 25.3 Å². The van der Waals surface area contributed by atoms with Gasteiger partial charge in [-0.3, -0.25) is 4.98 Å². The maximum absolute atomic E-state index is 9.42. The lowest BCUT2D eigenvalue weighted by atomic mass is 10.1. The minimum atomic E-state index is -0.151. The van der Waals surface area contributed by atoms with Gasteiger partial charge in [-0.05, 0) is 24.3 Å². The summed E-state index contributed by atoms with van der Waals surface area (Å²) >= 11 is 5.93. The number of methoxy groups -OCH3 is 1. The molecule has 0 aliphatic rings. The van der Waals surface area contributed by atoms with E-state index in [1.165, 1.54) is 12.3 Å². The smallest absolute Gasteiger partial charge is 0.151 e. The predicted molar refractivity (Wildman–Crippen MR) is 67.6 cm³/mol. The van der Waals surface area contributed by atoms with E-state index in [-0.39, 0.29) is 11.3 Å². The van der Waals surface area contributed by atoms with E-state index in [0.717, 1.165) is 0 Å². The van der Waals surface area contributed by atoms with E-state index in [9.17, 15) is 5.11 Å². The number of hydrogen-bond acceptors (Lipinski definition) is 4. The van der Waals surface area contributed by atoms with Crippen molar-refractivity contribution in [3.8, 4) is 28.8 Å². The quantitative estimate of drug-likeness (QED) is 0.901. The third kappa shape index (κ3) is 2.22. The molecule has 0 saturated heterocycles. The van der Waals surface area contributed by atoms with Crippen LogP contribution in [0.15, 0.2) is 30.5 Å². The Morgan fingerprint density at radius 3 is 2.83 bits per heavy atom. The molecule has 0 fully saturated rings. The SMILES string of the molecule is COc1ccc(Cl)cc1-c1cc(C#N)c(O)cn1. The van der Waals surface area contributed by atoms with E-state index in [1.807, 2.05) is 6.07 Å². The molecule has 0 bridgehead atoms. The van der Waals surface area contributed by atoms with Gasteiger partial charge in [0.15, 0.2) is 5.75 Å². The fourth-order valence-electron chi connectivity index (χ4n) is 1.57. The summed E-state index contributed by atoms with van der Waals surface area (Å²) in [6.07, 6.45) is 1.23. The molecule has 2 rings (SSSR count). The first-order valence-electron chi connectivity index (χ1n) is 5.08. The minimum Gasteiger partial charge on any atom is -0.505 e. The lowest BCUT2D eigenvalue weighted by Crippen LogP contribution is -1.91. The van der Waals surface area contributed by atoms with Crippen LogP contribution >= 0.6 is 11.6 Å². The lowest BCUT2D eigenvalue weighted by Gasteiger charge is -2.08. The van der Waals surface area contributed by atoms with Gasteiger partial charge in [0.1, 0.15) is 11.8 Å². The molecule has 0 amide bonds. The first-order valence-corrected chi connectivity index (χ1v) is 5.46. The summed E-state index contributed by atoms with van der Waals surface area (Å²) in [4.78, 5) is 4.07. The Morgan fingerprint density at radius 1 is 1.39 bits per heavy atom. The van der Waals surface area contributed by atoms with Gasteiger partial charge < -0.3 is 9.84 Å². The largest absolute Gasteiger partial charge is 0.505 e. The Hall–Kier alpha value is -2.25. The number of nitrogens with zero attached hydrogens (tertiary/aromatic N) is 2. The van der Waals surface area contributed by atoms with Crippen LogP contribution in [0, 0.1) is 11.3 Å². The average molecular weight is 261 g/mol. The molecular weight excluding hydrogens is 252 g/mol. The summed E-state index contributed by atoms with van der Waals surface area (Å²) in [5.41, 5.74) is 1.34. The van der Waals surface area contributed by atoms with Gasteiger partial charge >= 0.3 is 0 Å². The van der Waals surface area contributed by atoms with E-state index < -0.39 is 0 Å². The number of aromatic hydroxyl groups is 1. The Bertz CT molecular complexity index is 635. The van der Waals surface area contributed by atoms with Gasteiger partial charge in [-0.15, -0.1) is 0 Å². The molecule has 5 heteroatoms. The number of benzene rings is 1. The second kappa shape index (κ2) is 4.94. The number of nitriles is 1. The van der Waals surface area contributed by atoms with Crippen LogP contribution < -0.4 is 4.74 Å². The molecule has 0 aliphatic heterocycles. The van der Waals surface area contributed by atoms with Crippen LogP contribution in [-0.4, -0.2) is 17.2 Å². The zero-order valence-corrected chi connectivity index (χ0v) is 10.3. The van der Waals surface area contributed by atoms with Crippen molar-refractivity contribution >= 4 is 11.6 Å². The van der Waals surface area contributed by atoms with Gasteiger partial charge in [0, 0.05) is 10.6 Å². The molecule has 1 aromatic carbocycles. The molecule has 18 heavy (non-hydrogen) atoms. The number of halogens is 1. The first-order chi connectivity index (χ1) is 8.65. The van der Waals surface area contributed by atoms with Crippen molar-refractivity contribution in [1.29, 1.82) is 5.26 Å². The molecule has 0 radical (unpaired) electrons. The molecule has 4 nitrogen and oxygen atoms in total. The molecule has 1 heterocycles. The Balaban J connectivity index is 2.62. The molecule has 1 N–H and O–H groups in total. The lowest BCUT2D eigenvalue weighted by molar-refractivity contribution is 0.416. The highest BCUT2D eigenvalue weighted by Gasteiger charge is 2.10. The van der Waals surface area contributed by atoms with E-state index in [0.29, 0.717) is 22.0 Å². The fourth-order valence-corrected chi connectivity index (χ4v) is 1.74. The van der Waals surface area contributed by atoms with Crippen LogP contribution in [0.25, 0.3) is 11.3 Å². The van der Waals surface area contributed by atoms with Gasteiger partial charge in [-0.2, -0.15) is 5.26 Å². The third-order valence-corrected chi connectivity index (χ3v) is 2.68. The first kappa shape index (κ1) is 12.2. The van der Waals surface area contributed by atoms with Crippen LogP contribution in [0.5, 0.6) is 11.5 Å². The van der Waals surface area contributed by atoms with Crippen molar-refractivity contribution < 1.29 is 9.84 Å². The van der Waals surface area contributed by atoms with Crippen LogP contribution in [0.3, 0.4) is 0 Å². The molecule has 0 unspecified atom stereocenters. The summed E-state index contributed by atoms with van der Waals surface area (Å²) < 4.78 is 5.21. The maximum atomic E-state index is 9.42. The number of aromatic nitrogens is 1. The number of pyridine rings is 1. The van der Waals surface area contributed by atoms with Crippen molar-refractivity contribution in [3.63, 3.8) is 0 Å². The summed E-state index contributed by atoms with van der Waals surface area (Å²) in [7, 11) is 1.54. The van der Waals surface area contributed by atoms with Gasteiger partial charge in [0.25, 0.3) is 0 Å². The Morgan fingerprint density at radius 2 is 2.17 bits per heavy atom. The van der Waals surface area contributed by atoms with E-state index in [2.05, 4.69) is 4.98 Å². The Labute approximate surface area is 109 Å². The Kier molecular flexibility index (Phi) is 3.35. The molecule has 0 saturated carbocycles. The van der Waals surface area contributed by atoms with Gasteiger partial charge in [-0.1, -0.05) is 11.6 Å². The predicted octanol–water partition coefficient (Wildman–Crippen LogP) is 2.99. The van der Waals surface area contributed by atoms with Crippen molar-refractivity contribution in [2.75, 3.05) is 7.11 Å². The van der Waals surface area contributed by atoms with E-state index in [4.69, 9.17) is 21.6 Å². The zero-order chi connectivity index (χ0) is 13.1. The number of ether oxygens (including phenoxy) is 1. The molecule has 90 valence electrons. The maximum Gasteiger partial charge on any atom is 0.151 e. The molecule has 1 aromatic heterocycles. The van der Waals surface area contributed by atoms with Crippen LogP contribution in [0.1, 0.15) is 5.56 Å². The summed E-state index contributed by atoms with van der Waals surface area (Å²) in [5.74, 6) is 0.448. The standard InChI is InChI=1S/C13H9ClN2O2/c1-18-13-3-2-9(14)5-10(13)11-4-8(6-15)12(17)7-16-11/h2-5,7,17H,1H3. The molecule has 0 aliphatic carbocycles. The average Bonchev–Trinajstić information content (AvgIpc) is 2.39. The summed E-state index contributed by atoms with van der Waals surface area (Å²) in [6.45, 7) is 0. The van der Waals surface area contributed by atoms with Gasteiger partial charge in [0.05, 0.1) is 24.6 Å². The number of hydrogen-bond donors (Lipinski definition) is 1. The highest BCUT2D eigenvalue weighted by Crippen LogP contribution is 2.32.